The summed E-state index contributed by atoms with van der Waals surface area (Å²) in [6, 6.07) is 3.59. The molecule has 2 rings (SSSR count). The Morgan fingerprint density at radius 3 is 2.41 bits per heavy atom. The van der Waals surface area contributed by atoms with E-state index in [0.29, 0.717) is 5.56 Å². The van der Waals surface area contributed by atoms with Crippen molar-refractivity contribution in [3.05, 3.63) is 47.9 Å². The maximum atomic E-state index is 13.1. The molecule has 1 N–H and O–H groups in total. The maximum absolute atomic E-state index is 13.1. The van der Waals surface area contributed by atoms with Crippen molar-refractivity contribution < 1.29 is 23.5 Å². The molecular formula is C15H15FN2O4. The first kappa shape index (κ1) is 15.7. The normalized spacial score (nSPS) is 21.3. The Labute approximate surface area is 126 Å². The summed E-state index contributed by atoms with van der Waals surface area (Å²) in [6.07, 6.45) is 0. The molecule has 2 unspecified atom stereocenters. The Kier molecular flexibility index (Phi) is 4.25. The van der Waals surface area contributed by atoms with Gasteiger partial charge in [0.1, 0.15) is 11.7 Å². The predicted octanol–water partition coefficient (Wildman–Crippen LogP) is 1.74. The van der Waals surface area contributed by atoms with E-state index in [1.165, 1.54) is 38.3 Å². The number of nitrogens with one attached hydrogen (secondary N) is 1. The molecule has 116 valence electrons. The number of nitrogens with zero attached hydrogens (tertiary/aromatic N) is 1. The van der Waals surface area contributed by atoms with E-state index in [1.54, 1.807) is 0 Å². The van der Waals surface area contributed by atoms with Crippen LogP contribution in [0.3, 0.4) is 0 Å². The van der Waals surface area contributed by atoms with E-state index in [1.807, 2.05) is 0 Å². The van der Waals surface area contributed by atoms with Crippen LogP contribution >= 0.6 is 0 Å². The summed E-state index contributed by atoms with van der Waals surface area (Å²) in [5, 5.41) is 2.38. The minimum atomic E-state index is -0.975. The number of imide groups is 1. The van der Waals surface area contributed by atoms with E-state index < -0.39 is 35.7 Å². The number of benzene rings is 1. The zero-order valence-electron chi connectivity index (χ0n) is 12.1. The maximum Gasteiger partial charge on any atom is 0.328 e. The molecule has 0 radical (unpaired) electrons. The second kappa shape index (κ2) is 5.97. The van der Waals surface area contributed by atoms with Crippen molar-refractivity contribution in [3.8, 4) is 0 Å². The van der Waals surface area contributed by atoms with Gasteiger partial charge in [-0.15, -0.1) is 0 Å². The van der Waals surface area contributed by atoms with Crippen LogP contribution < -0.4 is 5.32 Å². The fourth-order valence-corrected chi connectivity index (χ4v) is 2.48. The highest BCUT2D eigenvalue weighted by Crippen LogP contribution is 2.36. The van der Waals surface area contributed by atoms with Crippen LogP contribution in [-0.4, -0.2) is 29.9 Å². The smallest absolute Gasteiger partial charge is 0.328 e. The fraction of sp³-hybridized carbons (Fsp3) is 0.267. The van der Waals surface area contributed by atoms with E-state index in [9.17, 15) is 18.8 Å². The molecule has 6 nitrogen and oxygen atoms in total. The molecule has 2 atom stereocenters. The highest BCUT2D eigenvalue weighted by Gasteiger charge is 2.45. The molecule has 0 bridgehead atoms. The van der Waals surface area contributed by atoms with Gasteiger partial charge in [0.05, 0.1) is 13.2 Å². The second-order valence-electron chi connectivity index (χ2n) is 4.84. The number of hydrogen-bond donors (Lipinski definition) is 1. The van der Waals surface area contributed by atoms with Gasteiger partial charge in [-0.2, -0.15) is 0 Å². The summed E-state index contributed by atoms with van der Waals surface area (Å²) in [5.74, 6) is -2.64. The molecule has 22 heavy (non-hydrogen) atoms. The van der Waals surface area contributed by atoms with Gasteiger partial charge in [0.15, 0.2) is 0 Å². The number of carbonyl (C=O) groups excluding carboxylic acids is 3. The number of rotatable bonds is 2. The molecule has 3 amide bonds. The van der Waals surface area contributed by atoms with E-state index in [2.05, 4.69) is 11.9 Å². The first-order valence-electron chi connectivity index (χ1n) is 6.49. The van der Waals surface area contributed by atoms with Gasteiger partial charge in [-0.25, -0.2) is 9.18 Å². The van der Waals surface area contributed by atoms with Gasteiger partial charge in [0.2, 0.25) is 5.91 Å². The van der Waals surface area contributed by atoms with Crippen LogP contribution in [0.4, 0.5) is 9.18 Å². The average Bonchev–Trinajstić information content (AvgIpc) is 2.46. The number of amides is 3. The topological polar surface area (TPSA) is 75.7 Å². The first-order valence-corrected chi connectivity index (χ1v) is 6.49. The highest BCUT2D eigenvalue weighted by atomic mass is 19.1. The first-order chi connectivity index (χ1) is 10.4. The second-order valence-corrected chi connectivity index (χ2v) is 4.84. The number of halogens is 1. The summed E-state index contributed by atoms with van der Waals surface area (Å²) in [6.45, 7) is 4.86. The fourth-order valence-electron chi connectivity index (χ4n) is 2.48. The Bertz CT molecular complexity index is 641. The Morgan fingerprint density at radius 1 is 1.32 bits per heavy atom. The van der Waals surface area contributed by atoms with Gasteiger partial charge >= 0.3 is 12.0 Å². The van der Waals surface area contributed by atoms with E-state index in [-0.39, 0.29) is 5.70 Å². The molecule has 1 heterocycles. The summed E-state index contributed by atoms with van der Waals surface area (Å²) in [4.78, 5) is 36.9. The zero-order valence-corrected chi connectivity index (χ0v) is 12.1. The van der Waals surface area contributed by atoms with Gasteiger partial charge in [-0.05, 0) is 17.7 Å². The molecule has 1 aliphatic rings. The molecule has 1 fully saturated rings. The van der Waals surface area contributed by atoms with Crippen molar-refractivity contribution in [3.63, 3.8) is 0 Å². The number of ether oxygens (including phenoxy) is 1. The lowest BCUT2D eigenvalue weighted by atomic mass is 9.87. The van der Waals surface area contributed by atoms with Crippen molar-refractivity contribution >= 4 is 17.9 Å². The summed E-state index contributed by atoms with van der Waals surface area (Å²) in [7, 11) is 1.20. The summed E-state index contributed by atoms with van der Waals surface area (Å²) < 4.78 is 17.9. The molecule has 1 aromatic rings. The standard InChI is InChI=1S/C15H15FN2O4/c1-8-12(14(20)22-3)13(10-4-6-11(16)7-5-10)18(9(2)19)15(21)17-8/h4-7,12-13H,1H2,2-3H3,(H,17,21). The van der Waals surface area contributed by atoms with Crippen molar-refractivity contribution in [1.29, 1.82) is 0 Å². The van der Waals surface area contributed by atoms with Crippen molar-refractivity contribution in [2.24, 2.45) is 5.92 Å². The third-order valence-corrected chi connectivity index (χ3v) is 3.46. The van der Waals surface area contributed by atoms with Crippen molar-refractivity contribution in [2.45, 2.75) is 13.0 Å². The SMILES string of the molecule is C=C1NC(=O)N(C(C)=O)C(c2ccc(F)cc2)C1C(=O)OC. The average molecular weight is 306 g/mol. The van der Waals surface area contributed by atoms with Gasteiger partial charge in [-0.3, -0.25) is 14.5 Å². The molecule has 1 aromatic carbocycles. The van der Waals surface area contributed by atoms with Crippen LogP contribution in [0.5, 0.6) is 0 Å². The predicted molar refractivity (Wildman–Crippen MR) is 74.8 cm³/mol. The van der Waals surface area contributed by atoms with Crippen LogP contribution in [0, 0.1) is 11.7 Å². The zero-order chi connectivity index (χ0) is 16.4. The Morgan fingerprint density at radius 2 is 1.91 bits per heavy atom. The number of hydrogen-bond acceptors (Lipinski definition) is 4. The number of methoxy groups -OCH3 is 1. The number of esters is 1. The van der Waals surface area contributed by atoms with Gasteiger partial charge in [0.25, 0.3) is 0 Å². The largest absolute Gasteiger partial charge is 0.468 e. The lowest BCUT2D eigenvalue weighted by Gasteiger charge is -2.39. The minimum Gasteiger partial charge on any atom is -0.468 e. The third-order valence-electron chi connectivity index (χ3n) is 3.46. The molecule has 7 heteroatoms. The van der Waals surface area contributed by atoms with Gasteiger partial charge < -0.3 is 10.1 Å². The van der Waals surface area contributed by atoms with Crippen molar-refractivity contribution in [1.82, 2.24) is 10.2 Å². The lowest BCUT2D eigenvalue weighted by Crippen LogP contribution is -2.55. The summed E-state index contributed by atoms with van der Waals surface area (Å²) >= 11 is 0. The summed E-state index contributed by atoms with van der Waals surface area (Å²) in [5.41, 5.74) is 0.562. The molecule has 0 aromatic heterocycles. The Balaban J connectivity index is 2.57. The van der Waals surface area contributed by atoms with E-state index >= 15 is 0 Å². The van der Waals surface area contributed by atoms with Crippen LogP contribution in [0.15, 0.2) is 36.5 Å². The number of carbonyl (C=O) groups is 3. The lowest BCUT2D eigenvalue weighted by molar-refractivity contribution is -0.147. The monoisotopic (exact) mass is 306 g/mol. The molecule has 1 saturated heterocycles. The molecule has 0 aliphatic carbocycles. The molecule has 1 aliphatic heterocycles. The number of urea groups is 1. The van der Waals surface area contributed by atoms with E-state index in [4.69, 9.17) is 4.74 Å². The van der Waals surface area contributed by atoms with Crippen LogP contribution in [0.1, 0.15) is 18.5 Å². The van der Waals surface area contributed by atoms with Crippen molar-refractivity contribution in [2.75, 3.05) is 7.11 Å². The van der Waals surface area contributed by atoms with E-state index in [0.717, 1.165) is 4.90 Å². The molecule has 0 spiro atoms. The van der Waals surface area contributed by atoms with Crippen LogP contribution in [0.25, 0.3) is 0 Å². The van der Waals surface area contributed by atoms with Crippen LogP contribution in [-0.2, 0) is 14.3 Å². The quantitative estimate of drug-likeness (QED) is 0.845. The van der Waals surface area contributed by atoms with Crippen LogP contribution in [0.2, 0.25) is 0 Å². The highest BCUT2D eigenvalue weighted by molar-refractivity contribution is 5.97. The van der Waals surface area contributed by atoms with Gasteiger partial charge in [-0.1, -0.05) is 18.7 Å². The molecule has 0 saturated carbocycles. The van der Waals surface area contributed by atoms with Gasteiger partial charge in [0, 0.05) is 12.6 Å². The third kappa shape index (κ3) is 2.69. The molecular weight excluding hydrogens is 291 g/mol. The Hall–Kier alpha value is -2.70. The minimum absolute atomic E-state index is 0.128.